The monoisotopic (exact) mass is 555 g/mol. The summed E-state index contributed by atoms with van der Waals surface area (Å²) in [5, 5.41) is 12.6. The predicted molar refractivity (Wildman–Crippen MR) is 168 cm³/mol. The highest BCUT2D eigenvalue weighted by molar-refractivity contribution is 5.97. The lowest BCUT2D eigenvalue weighted by atomic mass is 9.84. The van der Waals surface area contributed by atoms with Gasteiger partial charge in [-0.05, 0) is 49.5 Å². The molecule has 0 saturated carbocycles. The molecule has 1 fully saturated rings. The normalized spacial score (nSPS) is 15.5. The molecule has 1 N–H and O–H groups in total. The van der Waals surface area contributed by atoms with Crippen molar-refractivity contribution in [1.29, 1.82) is 5.26 Å². The first-order valence-corrected chi connectivity index (χ1v) is 15.7. The molecule has 5 heteroatoms. The summed E-state index contributed by atoms with van der Waals surface area (Å²) < 4.78 is 6.27. The van der Waals surface area contributed by atoms with Crippen LogP contribution >= 0.6 is 0 Å². The van der Waals surface area contributed by atoms with Crippen LogP contribution in [0.25, 0.3) is 0 Å². The molecule has 2 aromatic carbocycles. The topological polar surface area (TPSA) is 65.4 Å². The Hall–Kier alpha value is -3.52. The van der Waals surface area contributed by atoms with Gasteiger partial charge in [-0.25, -0.2) is 0 Å². The summed E-state index contributed by atoms with van der Waals surface area (Å²) in [5.41, 5.74) is 2.35. The molecule has 1 heterocycles. The lowest BCUT2D eigenvalue weighted by Crippen LogP contribution is -2.49. The average Bonchev–Trinajstić information content (AvgIpc) is 3.33. The van der Waals surface area contributed by atoms with Crippen LogP contribution in [0.5, 0.6) is 0 Å². The minimum atomic E-state index is -0.318. The van der Waals surface area contributed by atoms with Crippen LogP contribution in [0.4, 0.5) is 0 Å². The number of nitriles is 1. The van der Waals surface area contributed by atoms with Crippen molar-refractivity contribution in [2.24, 2.45) is 0 Å². The van der Waals surface area contributed by atoms with Crippen molar-refractivity contribution in [3.05, 3.63) is 95.4 Å². The van der Waals surface area contributed by atoms with Crippen molar-refractivity contribution >= 4 is 5.91 Å². The van der Waals surface area contributed by atoms with Crippen molar-refractivity contribution in [3.63, 3.8) is 0 Å². The van der Waals surface area contributed by atoms with Crippen LogP contribution in [0.2, 0.25) is 0 Å². The lowest BCUT2D eigenvalue weighted by Gasteiger charge is -2.37. The van der Waals surface area contributed by atoms with Crippen LogP contribution in [0.3, 0.4) is 0 Å². The summed E-state index contributed by atoms with van der Waals surface area (Å²) in [6.07, 6.45) is 17.6. The van der Waals surface area contributed by atoms with E-state index in [1.807, 2.05) is 12.1 Å². The number of ether oxygens (including phenoxy) is 1. The van der Waals surface area contributed by atoms with Crippen molar-refractivity contribution in [3.8, 4) is 6.07 Å². The highest BCUT2D eigenvalue weighted by atomic mass is 16.5. The van der Waals surface area contributed by atoms with Gasteiger partial charge in [0.05, 0.1) is 5.54 Å². The van der Waals surface area contributed by atoms with E-state index in [0.717, 1.165) is 32.2 Å². The van der Waals surface area contributed by atoms with E-state index < -0.39 is 0 Å². The van der Waals surface area contributed by atoms with Crippen LogP contribution in [0, 0.1) is 11.3 Å². The molecule has 5 nitrogen and oxygen atoms in total. The van der Waals surface area contributed by atoms with Gasteiger partial charge in [0.1, 0.15) is 18.2 Å². The van der Waals surface area contributed by atoms with Crippen molar-refractivity contribution in [2.75, 3.05) is 19.7 Å². The summed E-state index contributed by atoms with van der Waals surface area (Å²) in [5.74, 6) is 0.385. The lowest BCUT2D eigenvalue weighted by molar-refractivity contribution is -0.117. The second kappa shape index (κ2) is 18.0. The number of carbonyl (C=O) groups is 1. The summed E-state index contributed by atoms with van der Waals surface area (Å²) in [6.45, 7) is 6.27. The number of amides is 1. The van der Waals surface area contributed by atoms with E-state index in [-0.39, 0.29) is 17.0 Å². The first-order chi connectivity index (χ1) is 20.1. The molecule has 0 spiro atoms. The number of hydrogen-bond acceptors (Lipinski definition) is 4. The van der Waals surface area contributed by atoms with Crippen molar-refractivity contribution in [1.82, 2.24) is 10.2 Å². The Morgan fingerprint density at radius 1 is 0.878 bits per heavy atom. The third kappa shape index (κ3) is 10.4. The maximum absolute atomic E-state index is 12.7. The molecule has 1 aliphatic rings. The van der Waals surface area contributed by atoms with Gasteiger partial charge in [-0.15, -0.1) is 0 Å². The smallest absolute Gasteiger partial charge is 0.261 e. The second-order valence-electron chi connectivity index (χ2n) is 11.2. The van der Waals surface area contributed by atoms with Gasteiger partial charge in [0.15, 0.2) is 5.88 Å². The predicted octanol–water partition coefficient (Wildman–Crippen LogP) is 7.89. The number of nitrogens with one attached hydrogen (secondary N) is 1. The molecule has 1 saturated heterocycles. The molecule has 2 aromatic rings. The molecule has 0 radical (unpaired) electrons. The van der Waals surface area contributed by atoms with Crippen LogP contribution in [0.1, 0.15) is 89.2 Å². The Kier molecular flexibility index (Phi) is 14.1. The van der Waals surface area contributed by atoms with Gasteiger partial charge in [-0.2, -0.15) is 5.26 Å². The Bertz CT molecular complexity index is 1090. The quantitative estimate of drug-likeness (QED) is 0.115. The van der Waals surface area contributed by atoms with Crippen LogP contribution < -0.4 is 5.32 Å². The first kappa shape index (κ1) is 32.0. The number of carbonyl (C=O) groups excluding carboxylic acids is 1. The summed E-state index contributed by atoms with van der Waals surface area (Å²) in [7, 11) is 0. The zero-order valence-electron chi connectivity index (χ0n) is 25.2. The fourth-order valence-electron chi connectivity index (χ4n) is 5.76. The first-order valence-electron chi connectivity index (χ1n) is 15.7. The van der Waals surface area contributed by atoms with Gasteiger partial charge in [-0.3, -0.25) is 4.79 Å². The number of likely N-dealkylation sites (N-methyl/N-ethyl adjacent to an activating group) is 1. The van der Waals surface area contributed by atoms with Gasteiger partial charge in [0.2, 0.25) is 0 Å². The molecule has 0 aliphatic carbocycles. The SMILES string of the molecule is CCCCCCCCCCCCNC(=O)/C(C#N)=C\C=C1\OCC(Cc2ccccc2)(Cc2ccccc2)N1CC. The largest absolute Gasteiger partial charge is 0.477 e. The fraction of sp³-hybridized carbons (Fsp3) is 0.500. The maximum atomic E-state index is 12.7. The molecule has 220 valence electrons. The molecule has 1 aliphatic heterocycles. The van der Waals surface area contributed by atoms with E-state index in [0.29, 0.717) is 19.0 Å². The molecule has 41 heavy (non-hydrogen) atoms. The molecule has 0 unspecified atom stereocenters. The molecular formula is C36H49N3O2. The number of allylic oxidation sites excluding steroid dienone is 2. The fourth-order valence-corrected chi connectivity index (χ4v) is 5.76. The summed E-state index contributed by atoms with van der Waals surface area (Å²) >= 11 is 0. The van der Waals surface area contributed by atoms with E-state index in [9.17, 15) is 10.1 Å². The molecule has 0 aromatic heterocycles. The van der Waals surface area contributed by atoms with Crippen LogP contribution in [-0.4, -0.2) is 36.0 Å². The zero-order chi connectivity index (χ0) is 29.2. The summed E-state index contributed by atoms with van der Waals surface area (Å²) in [4.78, 5) is 15.0. The Balaban J connectivity index is 1.57. The van der Waals surface area contributed by atoms with Gasteiger partial charge in [0, 0.05) is 13.1 Å². The molecule has 1 amide bonds. The van der Waals surface area contributed by atoms with E-state index in [1.165, 1.54) is 62.5 Å². The summed E-state index contributed by atoms with van der Waals surface area (Å²) in [6, 6.07) is 23.1. The van der Waals surface area contributed by atoms with Gasteiger partial charge in [-0.1, -0.05) is 125 Å². The van der Waals surface area contributed by atoms with E-state index >= 15 is 0 Å². The molecule has 0 atom stereocenters. The van der Waals surface area contributed by atoms with E-state index in [1.54, 1.807) is 12.2 Å². The Labute approximate surface area is 248 Å². The van der Waals surface area contributed by atoms with E-state index in [2.05, 4.69) is 78.7 Å². The minimum Gasteiger partial charge on any atom is -0.477 e. The van der Waals surface area contributed by atoms with Gasteiger partial charge in [0.25, 0.3) is 5.91 Å². The van der Waals surface area contributed by atoms with E-state index in [4.69, 9.17) is 4.74 Å². The highest BCUT2D eigenvalue weighted by Gasteiger charge is 2.44. The average molecular weight is 556 g/mol. The number of nitrogens with zero attached hydrogens (tertiary/aromatic N) is 2. The van der Waals surface area contributed by atoms with Gasteiger partial charge < -0.3 is 15.0 Å². The highest BCUT2D eigenvalue weighted by Crippen LogP contribution is 2.36. The van der Waals surface area contributed by atoms with Crippen molar-refractivity contribution in [2.45, 2.75) is 96.4 Å². The number of hydrogen-bond donors (Lipinski definition) is 1. The van der Waals surface area contributed by atoms with Gasteiger partial charge >= 0.3 is 0 Å². The zero-order valence-corrected chi connectivity index (χ0v) is 25.2. The van der Waals surface area contributed by atoms with Crippen LogP contribution in [-0.2, 0) is 22.4 Å². The molecule has 0 bridgehead atoms. The molecule has 3 rings (SSSR count). The molecular weight excluding hydrogens is 506 g/mol. The standard InChI is InChI=1S/C36H49N3O2/c1-3-5-6-7-8-9-10-11-12-19-26-38-35(40)33(29-37)24-25-34-39(4-2)36(30-41-34,27-31-20-15-13-16-21-31)28-32-22-17-14-18-23-32/h13-18,20-25H,3-12,19,26-28,30H2,1-2H3,(H,38,40)/b33-24-,34-25+. The van der Waals surface area contributed by atoms with Crippen LogP contribution in [0.15, 0.2) is 84.3 Å². The second-order valence-corrected chi connectivity index (χ2v) is 11.2. The minimum absolute atomic E-state index is 0.104. The number of unbranched alkanes of at least 4 members (excludes halogenated alkanes) is 9. The number of benzene rings is 2. The Morgan fingerprint density at radius 3 is 1.93 bits per heavy atom. The maximum Gasteiger partial charge on any atom is 0.261 e. The van der Waals surface area contributed by atoms with Crippen molar-refractivity contribution < 1.29 is 9.53 Å². The Morgan fingerprint density at radius 2 is 1.41 bits per heavy atom. The third-order valence-electron chi connectivity index (χ3n) is 7.97. The third-order valence-corrected chi connectivity index (χ3v) is 7.97. The number of rotatable bonds is 18.